The Balaban J connectivity index is 1.33. The average molecular weight is 557 g/mol. The van der Waals surface area contributed by atoms with Crippen molar-refractivity contribution in [3.8, 4) is 0 Å². The number of carbonyl (C=O) groups excluding carboxylic acids is 3. The quantitative estimate of drug-likeness (QED) is 0.311. The molecule has 3 N–H and O–H groups in total. The Morgan fingerprint density at radius 3 is 2.50 bits per heavy atom. The summed E-state index contributed by atoms with van der Waals surface area (Å²) in [4.78, 5) is 45.5. The van der Waals surface area contributed by atoms with Crippen LogP contribution in [0.4, 0.5) is 0 Å². The van der Waals surface area contributed by atoms with Gasteiger partial charge in [-0.05, 0) is 38.2 Å². The number of rotatable bonds is 13. The molecule has 3 amide bonds. The van der Waals surface area contributed by atoms with Crippen molar-refractivity contribution in [1.82, 2.24) is 20.4 Å². The first-order valence-electron chi connectivity index (χ1n) is 14.9. The minimum Gasteiger partial charge on any atom is -0.396 e. The van der Waals surface area contributed by atoms with E-state index in [9.17, 15) is 14.4 Å². The van der Waals surface area contributed by atoms with Gasteiger partial charge in [0.15, 0.2) is 0 Å². The molecule has 0 radical (unpaired) electrons. The Morgan fingerprint density at radius 2 is 1.75 bits per heavy atom. The van der Waals surface area contributed by atoms with Crippen LogP contribution in [-0.2, 0) is 30.4 Å². The van der Waals surface area contributed by atoms with Crippen LogP contribution >= 0.6 is 0 Å². The lowest BCUT2D eigenvalue weighted by Gasteiger charge is -2.34. The van der Waals surface area contributed by atoms with Gasteiger partial charge in [0.25, 0.3) is 0 Å². The van der Waals surface area contributed by atoms with Crippen LogP contribution < -0.4 is 10.6 Å². The second-order valence-corrected chi connectivity index (χ2v) is 11.8. The highest BCUT2D eigenvalue weighted by atomic mass is 16.5. The first kappa shape index (κ1) is 29.0. The van der Waals surface area contributed by atoms with Crippen molar-refractivity contribution < 1.29 is 29.0 Å². The molecule has 4 saturated heterocycles. The molecular formula is C30H44N4O6. The third-order valence-electron chi connectivity index (χ3n) is 9.26. The van der Waals surface area contributed by atoms with Gasteiger partial charge in [-0.1, -0.05) is 43.2 Å². The van der Waals surface area contributed by atoms with Gasteiger partial charge in [-0.2, -0.15) is 0 Å². The topological polar surface area (TPSA) is 120 Å². The van der Waals surface area contributed by atoms with E-state index in [1.54, 1.807) is 4.90 Å². The number of carbonyl (C=O) groups is 3. The van der Waals surface area contributed by atoms with E-state index in [2.05, 4.69) is 15.5 Å². The summed E-state index contributed by atoms with van der Waals surface area (Å²) in [6, 6.07) is 8.94. The van der Waals surface area contributed by atoms with E-state index in [-0.39, 0.29) is 24.3 Å². The molecule has 4 heterocycles. The number of hydrogen-bond acceptors (Lipinski definition) is 7. The highest BCUT2D eigenvalue weighted by molar-refractivity contribution is 5.99. The van der Waals surface area contributed by atoms with Gasteiger partial charge in [-0.3, -0.25) is 19.3 Å². The van der Waals surface area contributed by atoms with Crippen molar-refractivity contribution in [2.75, 3.05) is 52.5 Å². The van der Waals surface area contributed by atoms with Crippen LogP contribution in [0.15, 0.2) is 30.3 Å². The van der Waals surface area contributed by atoms with Gasteiger partial charge in [0.2, 0.25) is 17.7 Å². The van der Waals surface area contributed by atoms with E-state index in [0.29, 0.717) is 45.7 Å². The lowest BCUT2D eigenvalue weighted by Crippen LogP contribution is -2.56. The molecule has 5 rings (SSSR count). The number of hydrogen-bond donors (Lipinski definition) is 3. The summed E-state index contributed by atoms with van der Waals surface area (Å²) in [6.07, 6.45) is 4.37. The highest BCUT2D eigenvalue weighted by Gasteiger charge is 2.77. The Labute approximate surface area is 236 Å². The van der Waals surface area contributed by atoms with Gasteiger partial charge in [-0.15, -0.1) is 0 Å². The van der Waals surface area contributed by atoms with Crippen molar-refractivity contribution in [1.29, 1.82) is 0 Å². The van der Waals surface area contributed by atoms with Crippen LogP contribution in [0.3, 0.4) is 0 Å². The molecule has 1 aromatic carbocycles. The van der Waals surface area contributed by atoms with Gasteiger partial charge in [0, 0.05) is 45.9 Å². The number of aliphatic hydroxyl groups is 1. The van der Waals surface area contributed by atoms with E-state index >= 15 is 0 Å². The number of ether oxygens (including phenoxy) is 2. The maximum atomic E-state index is 14.1. The molecule has 220 valence electrons. The highest BCUT2D eigenvalue weighted by Crippen LogP contribution is 2.63. The number of likely N-dealkylation sites (tertiary alicyclic amines) is 1. The molecule has 1 aromatic rings. The second-order valence-electron chi connectivity index (χ2n) is 11.8. The lowest BCUT2D eigenvalue weighted by molar-refractivity contribution is -0.146. The van der Waals surface area contributed by atoms with Crippen molar-refractivity contribution in [3.05, 3.63) is 35.9 Å². The van der Waals surface area contributed by atoms with Crippen molar-refractivity contribution in [3.63, 3.8) is 0 Å². The van der Waals surface area contributed by atoms with Crippen LogP contribution in [0.5, 0.6) is 0 Å². The largest absolute Gasteiger partial charge is 0.396 e. The van der Waals surface area contributed by atoms with Gasteiger partial charge in [0.1, 0.15) is 11.6 Å². The van der Waals surface area contributed by atoms with Crippen molar-refractivity contribution >= 4 is 17.7 Å². The van der Waals surface area contributed by atoms with Crippen molar-refractivity contribution in [2.45, 2.75) is 69.2 Å². The van der Waals surface area contributed by atoms with Crippen LogP contribution in [0, 0.1) is 11.8 Å². The fourth-order valence-electron chi connectivity index (χ4n) is 7.27. The molecule has 10 nitrogen and oxygen atoms in total. The molecule has 2 unspecified atom stereocenters. The normalized spacial score (nSPS) is 31.4. The molecule has 10 heteroatoms. The molecule has 2 bridgehead atoms. The van der Waals surface area contributed by atoms with Crippen LogP contribution in [0.25, 0.3) is 0 Å². The monoisotopic (exact) mass is 556 g/mol. The van der Waals surface area contributed by atoms with Gasteiger partial charge >= 0.3 is 0 Å². The number of nitrogens with one attached hydrogen (secondary N) is 2. The van der Waals surface area contributed by atoms with Gasteiger partial charge in [-0.25, -0.2) is 0 Å². The summed E-state index contributed by atoms with van der Waals surface area (Å²) in [7, 11) is 0. The van der Waals surface area contributed by atoms with E-state index < -0.39 is 29.1 Å². The Kier molecular flexibility index (Phi) is 9.09. The fraction of sp³-hybridized carbons (Fsp3) is 0.700. The van der Waals surface area contributed by atoms with Crippen LogP contribution in [-0.4, -0.2) is 102 Å². The molecule has 5 atom stereocenters. The maximum Gasteiger partial charge on any atom is 0.245 e. The minimum absolute atomic E-state index is 0.147. The molecule has 4 fully saturated rings. The predicted octanol–water partition coefficient (Wildman–Crippen LogP) is 1.07. The van der Waals surface area contributed by atoms with Gasteiger partial charge < -0.3 is 30.1 Å². The smallest absolute Gasteiger partial charge is 0.245 e. The maximum absolute atomic E-state index is 14.1. The third kappa shape index (κ3) is 5.64. The van der Waals surface area contributed by atoms with E-state index in [1.165, 1.54) is 0 Å². The number of amides is 3. The number of morpholine rings is 1. The first-order valence-corrected chi connectivity index (χ1v) is 14.9. The van der Waals surface area contributed by atoms with E-state index in [4.69, 9.17) is 14.6 Å². The molecule has 0 aliphatic carbocycles. The zero-order chi connectivity index (χ0) is 28.2. The van der Waals surface area contributed by atoms with Gasteiger partial charge in [0.05, 0.1) is 30.7 Å². The Hall–Kier alpha value is -2.53. The SMILES string of the molecule is C[C@@]12CCC3(O1)C(C(=O)NCCN1CCOCC1)N(CCCCCCO)C(=O)[C@@H]3[C@@H]2C(=O)NCc1ccccc1. The first-order chi connectivity index (χ1) is 19.4. The van der Waals surface area contributed by atoms with Crippen molar-refractivity contribution in [2.24, 2.45) is 11.8 Å². The fourth-order valence-corrected chi connectivity index (χ4v) is 7.27. The summed E-state index contributed by atoms with van der Waals surface area (Å²) in [6.45, 7) is 7.14. The molecule has 4 aliphatic rings. The predicted molar refractivity (Wildman–Crippen MR) is 148 cm³/mol. The molecule has 40 heavy (non-hydrogen) atoms. The third-order valence-corrected chi connectivity index (χ3v) is 9.26. The zero-order valence-electron chi connectivity index (χ0n) is 23.6. The lowest BCUT2D eigenvalue weighted by atomic mass is 9.66. The summed E-state index contributed by atoms with van der Waals surface area (Å²) in [5.74, 6) is -1.88. The summed E-state index contributed by atoms with van der Waals surface area (Å²) < 4.78 is 12.1. The minimum atomic E-state index is -1.01. The number of aliphatic hydroxyl groups excluding tert-OH is 1. The summed E-state index contributed by atoms with van der Waals surface area (Å²) in [5, 5.41) is 15.3. The molecule has 0 saturated carbocycles. The number of nitrogens with zero attached hydrogens (tertiary/aromatic N) is 2. The summed E-state index contributed by atoms with van der Waals surface area (Å²) in [5.41, 5.74) is -0.811. The van der Waals surface area contributed by atoms with E-state index in [1.807, 2.05) is 37.3 Å². The number of fused-ring (bicyclic) bond motifs is 1. The van der Waals surface area contributed by atoms with Crippen LogP contribution in [0.2, 0.25) is 0 Å². The number of unbranched alkanes of at least 4 members (excludes halogenated alkanes) is 3. The summed E-state index contributed by atoms with van der Waals surface area (Å²) >= 11 is 0. The number of benzene rings is 1. The average Bonchev–Trinajstić information content (AvgIpc) is 3.53. The molecule has 0 aromatic heterocycles. The standard InChI is InChI=1S/C30H44N4O6/c1-29-11-12-30(40-29)24(23(29)26(36)32-21-22-9-5-4-6-10-22)28(38)34(14-7-2-3-8-18-35)25(30)27(37)31-13-15-33-16-19-39-20-17-33/h4-6,9-10,23-25,35H,2-3,7-8,11-21H2,1H3,(H,31,37)(H,32,36)/t23-,24+,25?,29+,30?/m1/s1. The molecular weight excluding hydrogens is 512 g/mol. The molecule has 4 aliphatic heterocycles. The Morgan fingerprint density at radius 1 is 1.00 bits per heavy atom. The Bertz CT molecular complexity index is 1050. The zero-order valence-corrected chi connectivity index (χ0v) is 23.6. The molecule has 1 spiro atoms. The second kappa shape index (κ2) is 12.5. The van der Waals surface area contributed by atoms with Crippen LogP contribution in [0.1, 0.15) is 51.0 Å². The van der Waals surface area contributed by atoms with E-state index in [0.717, 1.165) is 50.9 Å².